The molecule has 0 aliphatic carbocycles. The molecule has 0 unspecified atom stereocenters. The van der Waals surface area contributed by atoms with Crippen LogP contribution in [0.5, 0.6) is 5.75 Å². The molecule has 3 rings (SSSR count). The van der Waals surface area contributed by atoms with Crippen molar-refractivity contribution in [1.29, 1.82) is 0 Å². The number of halogens is 1. The van der Waals surface area contributed by atoms with Crippen molar-refractivity contribution in [1.82, 2.24) is 5.32 Å². The van der Waals surface area contributed by atoms with Gasteiger partial charge in [-0.25, -0.2) is 9.18 Å². The molecule has 3 N–H and O–H groups in total. The summed E-state index contributed by atoms with van der Waals surface area (Å²) in [6.07, 6.45) is -1.96. The summed E-state index contributed by atoms with van der Waals surface area (Å²) < 4.78 is 25.0. The second kappa shape index (κ2) is 9.93. The van der Waals surface area contributed by atoms with E-state index in [1.54, 1.807) is 0 Å². The number of benzene rings is 2. The van der Waals surface area contributed by atoms with E-state index in [2.05, 4.69) is 10.6 Å². The molecule has 9 heteroatoms. The summed E-state index contributed by atoms with van der Waals surface area (Å²) in [5, 5.41) is 15.7. The first-order chi connectivity index (χ1) is 14.4. The van der Waals surface area contributed by atoms with E-state index in [1.807, 2.05) is 30.3 Å². The quantitative estimate of drug-likeness (QED) is 0.578. The fourth-order valence-corrected chi connectivity index (χ4v) is 2.91. The maximum absolute atomic E-state index is 14.4. The lowest BCUT2D eigenvalue weighted by Crippen LogP contribution is -2.33. The maximum Gasteiger partial charge on any atom is 0.414 e. The molecule has 2 aromatic rings. The number of cyclic esters (lactones) is 1. The highest BCUT2D eigenvalue weighted by Crippen LogP contribution is 2.27. The number of hydrogen-bond acceptors (Lipinski definition) is 6. The monoisotopic (exact) mass is 417 g/mol. The van der Waals surface area contributed by atoms with Gasteiger partial charge in [-0.1, -0.05) is 18.2 Å². The van der Waals surface area contributed by atoms with Gasteiger partial charge in [0.25, 0.3) is 0 Å². The number of ether oxygens (including phenoxy) is 2. The second-order valence-electron chi connectivity index (χ2n) is 6.88. The largest absolute Gasteiger partial charge is 0.488 e. The van der Waals surface area contributed by atoms with E-state index in [-0.39, 0.29) is 37.9 Å². The Morgan fingerprint density at radius 1 is 1.33 bits per heavy atom. The molecule has 2 aromatic carbocycles. The molecule has 8 nitrogen and oxygen atoms in total. The zero-order valence-electron chi connectivity index (χ0n) is 16.5. The Morgan fingerprint density at radius 2 is 2.10 bits per heavy atom. The lowest BCUT2D eigenvalue weighted by Gasteiger charge is -2.16. The first kappa shape index (κ1) is 21.4. The molecule has 30 heavy (non-hydrogen) atoms. The van der Waals surface area contributed by atoms with Crippen molar-refractivity contribution in [2.24, 2.45) is 0 Å². The predicted molar refractivity (Wildman–Crippen MR) is 109 cm³/mol. The van der Waals surface area contributed by atoms with E-state index in [1.165, 1.54) is 30.0 Å². The molecule has 160 valence electrons. The number of carbonyl (C=O) groups is 2. The lowest BCUT2D eigenvalue weighted by atomic mass is 10.2. The molecule has 1 aliphatic rings. The number of anilines is 2. The van der Waals surface area contributed by atoms with Gasteiger partial charge >= 0.3 is 6.09 Å². The minimum absolute atomic E-state index is 0.0279. The summed E-state index contributed by atoms with van der Waals surface area (Å²) in [6.45, 7) is 1.91. The Labute approximate surface area is 173 Å². The summed E-state index contributed by atoms with van der Waals surface area (Å²) in [5.74, 6) is -0.910. The molecule has 1 aliphatic heterocycles. The summed E-state index contributed by atoms with van der Waals surface area (Å²) in [6, 6.07) is 13.5. The third-order valence-corrected chi connectivity index (χ3v) is 4.43. The van der Waals surface area contributed by atoms with Crippen LogP contribution in [0.15, 0.2) is 48.5 Å². The van der Waals surface area contributed by atoms with Crippen LogP contribution in [0.1, 0.15) is 6.92 Å². The molecular weight excluding hydrogens is 393 g/mol. The standard InChI is InChI=1S/C21H24FN3O5/c1-14(26)23-11-18-12-25(21(28)30-18)16-7-8-20(19(22)9-16)29-13-17(27)10-24-15-5-3-2-4-6-15/h2-9,17-18,24,27H,10-13H2,1H3,(H,23,26)/t17-,18-/m0/s1. The number of aliphatic hydroxyl groups excluding tert-OH is 1. The maximum atomic E-state index is 14.4. The van der Waals surface area contributed by atoms with Gasteiger partial charge in [-0.2, -0.15) is 0 Å². The Kier molecular flexibility index (Phi) is 7.08. The van der Waals surface area contributed by atoms with Crippen molar-refractivity contribution < 1.29 is 28.6 Å². The third kappa shape index (κ3) is 5.84. The van der Waals surface area contributed by atoms with Gasteiger partial charge in [0, 0.05) is 25.2 Å². The average Bonchev–Trinajstić information content (AvgIpc) is 3.11. The number of rotatable bonds is 9. The summed E-state index contributed by atoms with van der Waals surface area (Å²) in [4.78, 5) is 24.3. The van der Waals surface area contributed by atoms with Crippen LogP contribution in [0.3, 0.4) is 0 Å². The Bertz CT molecular complexity index is 880. The Balaban J connectivity index is 1.51. The number of aliphatic hydroxyl groups is 1. The van der Waals surface area contributed by atoms with Crippen LogP contribution in [0.25, 0.3) is 0 Å². The van der Waals surface area contributed by atoms with Crippen molar-refractivity contribution in [3.8, 4) is 5.75 Å². The number of carbonyl (C=O) groups excluding carboxylic acids is 2. The Hall–Kier alpha value is -3.33. The van der Waals surface area contributed by atoms with Crippen molar-refractivity contribution in [3.63, 3.8) is 0 Å². The summed E-state index contributed by atoms with van der Waals surface area (Å²) >= 11 is 0. The second-order valence-corrected chi connectivity index (χ2v) is 6.88. The highest BCUT2D eigenvalue weighted by atomic mass is 19.1. The van der Waals surface area contributed by atoms with Crippen LogP contribution in [-0.2, 0) is 9.53 Å². The van der Waals surface area contributed by atoms with Gasteiger partial charge in [-0.05, 0) is 24.3 Å². The van der Waals surface area contributed by atoms with E-state index < -0.39 is 24.1 Å². The smallest absolute Gasteiger partial charge is 0.414 e. The zero-order valence-corrected chi connectivity index (χ0v) is 16.5. The van der Waals surface area contributed by atoms with Gasteiger partial charge in [0.05, 0.1) is 18.8 Å². The first-order valence-electron chi connectivity index (χ1n) is 9.54. The molecule has 0 bridgehead atoms. The molecule has 2 atom stereocenters. The van der Waals surface area contributed by atoms with E-state index in [0.29, 0.717) is 5.69 Å². The van der Waals surface area contributed by atoms with Crippen molar-refractivity contribution in [3.05, 3.63) is 54.3 Å². The van der Waals surface area contributed by atoms with Crippen molar-refractivity contribution in [2.75, 3.05) is 36.5 Å². The van der Waals surface area contributed by atoms with Gasteiger partial charge in [0.2, 0.25) is 5.91 Å². The van der Waals surface area contributed by atoms with E-state index in [0.717, 1.165) is 5.69 Å². The zero-order chi connectivity index (χ0) is 21.5. The highest BCUT2D eigenvalue weighted by Gasteiger charge is 2.32. The molecule has 1 fully saturated rings. The molecule has 1 heterocycles. The lowest BCUT2D eigenvalue weighted by molar-refractivity contribution is -0.119. The van der Waals surface area contributed by atoms with Crippen LogP contribution < -0.4 is 20.3 Å². The molecule has 2 amide bonds. The minimum atomic E-state index is -0.840. The van der Waals surface area contributed by atoms with E-state index in [9.17, 15) is 19.1 Å². The van der Waals surface area contributed by atoms with Crippen LogP contribution in [0, 0.1) is 5.82 Å². The van der Waals surface area contributed by atoms with Gasteiger partial charge < -0.3 is 25.2 Å². The molecular formula is C21H24FN3O5. The molecule has 0 aromatic heterocycles. The van der Waals surface area contributed by atoms with Gasteiger partial charge in [-0.3, -0.25) is 9.69 Å². The van der Waals surface area contributed by atoms with Crippen LogP contribution in [-0.4, -0.2) is 55.6 Å². The number of nitrogens with one attached hydrogen (secondary N) is 2. The van der Waals surface area contributed by atoms with E-state index in [4.69, 9.17) is 9.47 Å². The fourth-order valence-electron chi connectivity index (χ4n) is 2.91. The molecule has 0 saturated carbocycles. The van der Waals surface area contributed by atoms with Gasteiger partial charge in [-0.15, -0.1) is 0 Å². The van der Waals surface area contributed by atoms with Crippen LogP contribution >= 0.6 is 0 Å². The fraction of sp³-hybridized carbons (Fsp3) is 0.333. The number of nitrogens with zero attached hydrogens (tertiary/aromatic N) is 1. The van der Waals surface area contributed by atoms with Crippen LogP contribution in [0.4, 0.5) is 20.6 Å². The highest BCUT2D eigenvalue weighted by molar-refractivity contribution is 5.89. The minimum Gasteiger partial charge on any atom is -0.488 e. The van der Waals surface area contributed by atoms with Gasteiger partial charge in [0.1, 0.15) is 18.8 Å². The van der Waals surface area contributed by atoms with E-state index >= 15 is 0 Å². The van der Waals surface area contributed by atoms with Gasteiger partial charge in [0.15, 0.2) is 11.6 Å². The Morgan fingerprint density at radius 3 is 2.80 bits per heavy atom. The summed E-state index contributed by atoms with van der Waals surface area (Å²) in [5.41, 5.74) is 1.18. The number of hydrogen-bond donors (Lipinski definition) is 3. The number of amides is 2. The molecule has 1 saturated heterocycles. The molecule has 0 spiro atoms. The molecule has 0 radical (unpaired) electrons. The van der Waals surface area contributed by atoms with Crippen molar-refractivity contribution in [2.45, 2.75) is 19.1 Å². The normalized spacial score (nSPS) is 16.7. The summed E-state index contributed by atoms with van der Waals surface area (Å²) in [7, 11) is 0. The SMILES string of the molecule is CC(=O)NC[C@H]1CN(c2ccc(OC[C@@H](O)CNc3ccccc3)c(F)c2)C(=O)O1. The number of para-hydroxylation sites is 1. The average molecular weight is 417 g/mol. The third-order valence-electron chi connectivity index (χ3n) is 4.43. The predicted octanol–water partition coefficient (Wildman–Crippen LogP) is 2.14. The topological polar surface area (TPSA) is 100 Å². The van der Waals surface area contributed by atoms with Crippen LogP contribution in [0.2, 0.25) is 0 Å². The van der Waals surface area contributed by atoms with Crippen molar-refractivity contribution >= 4 is 23.4 Å². The first-order valence-corrected chi connectivity index (χ1v) is 9.54.